The second kappa shape index (κ2) is 20.1. The van der Waals surface area contributed by atoms with Gasteiger partial charge in [0.1, 0.15) is 0 Å². The molecule has 2 aliphatic rings. The molecule has 0 radical (unpaired) electrons. The van der Waals surface area contributed by atoms with Crippen LogP contribution in [-0.2, 0) is 0 Å². The Hall–Kier alpha value is -11.5. The van der Waals surface area contributed by atoms with Gasteiger partial charge in [-0.2, -0.15) is 0 Å². The predicted octanol–water partition coefficient (Wildman–Crippen LogP) is 20.7. The van der Waals surface area contributed by atoms with Crippen LogP contribution >= 0.6 is 0 Å². The van der Waals surface area contributed by atoms with E-state index in [1.54, 1.807) is 0 Å². The summed E-state index contributed by atoms with van der Waals surface area (Å²) in [5, 5.41) is 9.84. The summed E-state index contributed by atoms with van der Waals surface area (Å²) in [5.41, 5.74) is 25.9. The lowest BCUT2D eigenvalue weighted by Gasteiger charge is -2.44. The fraction of sp³-hybridized carbons (Fsp3) is 0. The van der Waals surface area contributed by atoms with Crippen LogP contribution in [0.2, 0.25) is 0 Å². The average molecular weight is 1120 g/mol. The van der Waals surface area contributed by atoms with Crippen molar-refractivity contribution in [2.24, 2.45) is 0 Å². The molecule has 0 atom stereocenters. The van der Waals surface area contributed by atoms with Crippen molar-refractivity contribution in [3.8, 4) is 61.3 Å². The van der Waals surface area contributed by atoms with Crippen LogP contribution in [-0.4, -0.2) is 11.3 Å². The monoisotopic (exact) mass is 1120 g/mol. The first-order valence-electron chi connectivity index (χ1n) is 30.5. The standard InChI is InChI=1S/C84H54BN3/c1-5-19-55(20-6-1)59-33-41-66(42-34-59)86-79-47-38-62(57-23-9-3-10-24-57)51-76(79)85-77-52-63(58-25-11-4-12-26-58)39-48-80(77)87(67-43-35-60(36-44-67)56-21-7-2-8-22-56)82-54-68(53-81(86)83(82)85)88-78-46-40-65(50-75(78)73-45-37-61-27-13-16-30-70(61)84(73)88)74-49-64-28-14-15-29-69(64)71-31-17-18-32-72(71)74/h1-54H. The largest absolute Gasteiger partial charge is 0.311 e. The zero-order chi connectivity index (χ0) is 57.8. The molecule has 0 unspecified atom stereocenters. The van der Waals surface area contributed by atoms with Gasteiger partial charge in [-0.15, -0.1) is 0 Å². The Bertz CT molecular complexity index is 5230. The van der Waals surface area contributed by atoms with Gasteiger partial charge >= 0.3 is 0 Å². The third-order valence-electron chi connectivity index (χ3n) is 18.7. The molecular formula is C84H54BN3. The van der Waals surface area contributed by atoms with Gasteiger partial charge in [-0.05, 0) is 166 Å². The number of benzene rings is 15. The van der Waals surface area contributed by atoms with Crippen LogP contribution in [0.5, 0.6) is 0 Å². The van der Waals surface area contributed by atoms with Crippen molar-refractivity contribution in [3.63, 3.8) is 0 Å². The van der Waals surface area contributed by atoms with Gasteiger partial charge in [-0.3, -0.25) is 0 Å². The number of nitrogens with zero attached hydrogens (tertiary/aromatic N) is 3. The number of hydrogen-bond donors (Lipinski definition) is 0. The van der Waals surface area contributed by atoms with E-state index in [0.29, 0.717) is 0 Å². The molecule has 16 aromatic rings. The van der Waals surface area contributed by atoms with Crippen molar-refractivity contribution < 1.29 is 0 Å². The zero-order valence-corrected chi connectivity index (χ0v) is 48.1. The quantitative estimate of drug-likeness (QED) is 0.111. The van der Waals surface area contributed by atoms with Crippen molar-refractivity contribution >= 4 is 111 Å². The van der Waals surface area contributed by atoms with E-state index >= 15 is 0 Å². The normalized spacial score (nSPS) is 12.5. The summed E-state index contributed by atoms with van der Waals surface area (Å²) in [5.74, 6) is 0. The molecule has 88 heavy (non-hydrogen) atoms. The Morgan fingerprint density at radius 3 is 1.20 bits per heavy atom. The predicted molar refractivity (Wildman–Crippen MR) is 375 cm³/mol. The Morgan fingerprint density at radius 2 is 0.659 bits per heavy atom. The molecule has 2 aliphatic heterocycles. The van der Waals surface area contributed by atoms with Crippen LogP contribution in [0.3, 0.4) is 0 Å². The van der Waals surface area contributed by atoms with Gasteiger partial charge in [0.15, 0.2) is 0 Å². The molecule has 3 nitrogen and oxygen atoms in total. The van der Waals surface area contributed by atoms with E-state index in [4.69, 9.17) is 0 Å². The van der Waals surface area contributed by atoms with E-state index in [1.807, 2.05) is 0 Å². The van der Waals surface area contributed by atoms with Gasteiger partial charge in [0.2, 0.25) is 0 Å². The van der Waals surface area contributed by atoms with Crippen molar-refractivity contribution in [2.75, 3.05) is 9.80 Å². The smallest absolute Gasteiger partial charge is 0.252 e. The third-order valence-corrected chi connectivity index (χ3v) is 18.7. The van der Waals surface area contributed by atoms with Crippen molar-refractivity contribution in [1.82, 2.24) is 4.57 Å². The van der Waals surface area contributed by atoms with Crippen LogP contribution < -0.4 is 26.2 Å². The molecule has 15 aromatic carbocycles. The Balaban J connectivity index is 0.951. The maximum absolute atomic E-state index is 2.58. The van der Waals surface area contributed by atoms with E-state index in [9.17, 15) is 0 Å². The molecule has 0 N–H and O–H groups in total. The molecule has 3 heterocycles. The molecule has 0 aliphatic carbocycles. The minimum Gasteiger partial charge on any atom is -0.311 e. The minimum absolute atomic E-state index is 0.144. The van der Waals surface area contributed by atoms with Gasteiger partial charge in [0.05, 0.1) is 16.7 Å². The first-order valence-corrected chi connectivity index (χ1v) is 30.5. The Labute approximate surface area is 511 Å². The average Bonchev–Trinajstić information content (AvgIpc) is 1.26. The van der Waals surface area contributed by atoms with Gasteiger partial charge in [0.25, 0.3) is 6.71 Å². The molecule has 0 bridgehead atoms. The lowest BCUT2D eigenvalue weighted by atomic mass is 9.33. The van der Waals surface area contributed by atoms with Crippen LogP contribution in [0.15, 0.2) is 328 Å². The maximum atomic E-state index is 2.58. The second-order valence-electron chi connectivity index (χ2n) is 23.5. The maximum Gasteiger partial charge on any atom is 0.252 e. The molecule has 4 heteroatoms. The van der Waals surface area contributed by atoms with Crippen molar-refractivity contribution in [2.45, 2.75) is 0 Å². The highest BCUT2D eigenvalue weighted by Gasteiger charge is 2.44. The fourth-order valence-corrected chi connectivity index (χ4v) is 14.7. The molecule has 0 amide bonds. The molecule has 0 saturated carbocycles. The Kier molecular flexibility index (Phi) is 11.4. The topological polar surface area (TPSA) is 11.4 Å². The SMILES string of the molecule is c1ccc(-c2ccc(N3c4ccc(-c5ccccc5)cc4B4c5cc(-c6ccccc6)ccc5N(c5ccc(-c6ccccc6)cc5)c5cc(-n6c7ccc(-c8cc9ccccc9c9ccccc89)cc7c7ccc8ccccc8c76)cc3c54)cc2)cc1. The summed E-state index contributed by atoms with van der Waals surface area (Å²) in [7, 11) is 0. The van der Waals surface area contributed by atoms with Crippen molar-refractivity contribution in [3.05, 3.63) is 328 Å². The number of fused-ring (bicyclic) bond motifs is 12. The van der Waals surface area contributed by atoms with Gasteiger partial charge in [-0.1, -0.05) is 261 Å². The van der Waals surface area contributed by atoms with Crippen LogP contribution in [0.1, 0.15) is 0 Å². The van der Waals surface area contributed by atoms with Crippen LogP contribution in [0.4, 0.5) is 34.1 Å². The molecular weight excluding hydrogens is 1060 g/mol. The fourth-order valence-electron chi connectivity index (χ4n) is 14.7. The lowest BCUT2D eigenvalue weighted by Crippen LogP contribution is -2.61. The third kappa shape index (κ3) is 7.93. The summed E-state index contributed by atoms with van der Waals surface area (Å²) >= 11 is 0. The van der Waals surface area contributed by atoms with Gasteiger partial charge < -0.3 is 14.4 Å². The van der Waals surface area contributed by atoms with E-state index < -0.39 is 0 Å². The number of hydrogen-bond acceptors (Lipinski definition) is 2. The zero-order valence-electron chi connectivity index (χ0n) is 48.1. The number of aromatic nitrogens is 1. The first kappa shape index (κ1) is 49.9. The molecule has 1 aromatic heterocycles. The van der Waals surface area contributed by atoms with E-state index in [0.717, 1.165) is 45.3 Å². The molecule has 0 spiro atoms. The van der Waals surface area contributed by atoms with Crippen LogP contribution in [0.25, 0.3) is 115 Å². The molecule has 408 valence electrons. The molecule has 18 rings (SSSR count). The summed E-state index contributed by atoms with van der Waals surface area (Å²) < 4.78 is 2.58. The minimum atomic E-state index is -0.144. The van der Waals surface area contributed by atoms with E-state index in [1.165, 1.54) is 121 Å². The number of rotatable bonds is 8. The van der Waals surface area contributed by atoms with Crippen LogP contribution in [0, 0.1) is 0 Å². The van der Waals surface area contributed by atoms with Gasteiger partial charge in [-0.25, -0.2) is 0 Å². The van der Waals surface area contributed by atoms with E-state index in [2.05, 4.69) is 342 Å². The summed E-state index contributed by atoms with van der Waals surface area (Å²) in [6.45, 7) is -0.144. The Morgan fingerprint density at radius 1 is 0.227 bits per heavy atom. The molecule has 0 fully saturated rings. The molecule has 0 saturated heterocycles. The number of anilines is 6. The lowest BCUT2D eigenvalue weighted by molar-refractivity contribution is 1.16. The van der Waals surface area contributed by atoms with E-state index in [-0.39, 0.29) is 6.71 Å². The van der Waals surface area contributed by atoms with Gasteiger partial charge in [0, 0.05) is 50.3 Å². The summed E-state index contributed by atoms with van der Waals surface area (Å²) in [6.07, 6.45) is 0. The highest BCUT2D eigenvalue weighted by atomic mass is 15.2. The van der Waals surface area contributed by atoms with Crippen molar-refractivity contribution in [1.29, 1.82) is 0 Å². The summed E-state index contributed by atoms with van der Waals surface area (Å²) in [6, 6.07) is 122. The highest BCUT2D eigenvalue weighted by molar-refractivity contribution is 7.00. The summed E-state index contributed by atoms with van der Waals surface area (Å²) in [4.78, 5) is 5.13. The second-order valence-corrected chi connectivity index (χ2v) is 23.5. The first-order chi connectivity index (χ1) is 43.6. The highest BCUT2D eigenvalue weighted by Crippen LogP contribution is 2.49.